The highest BCUT2D eigenvalue weighted by Gasteiger charge is 2.39. The van der Waals surface area contributed by atoms with Crippen molar-refractivity contribution in [3.63, 3.8) is 0 Å². The van der Waals surface area contributed by atoms with Crippen molar-refractivity contribution in [2.24, 2.45) is 5.92 Å². The van der Waals surface area contributed by atoms with Crippen LogP contribution in [0.25, 0.3) is 0 Å². The Balaban J connectivity index is 2.23. The summed E-state index contributed by atoms with van der Waals surface area (Å²) in [6, 6.07) is 9.42. The Morgan fingerprint density at radius 3 is 2.76 bits per heavy atom. The first-order valence-electron chi connectivity index (χ1n) is 5.97. The van der Waals surface area contributed by atoms with Gasteiger partial charge in [0, 0.05) is 11.5 Å². The van der Waals surface area contributed by atoms with Gasteiger partial charge in [-0.15, -0.1) is 0 Å². The van der Waals surface area contributed by atoms with Crippen LogP contribution in [0.5, 0.6) is 0 Å². The molecule has 2 nitrogen and oxygen atoms in total. The molecule has 88 valence electrons. The van der Waals surface area contributed by atoms with E-state index in [1.54, 1.807) is 0 Å². The highest BCUT2D eigenvalue weighted by atomic mass is 16.3. The van der Waals surface area contributed by atoms with Gasteiger partial charge in [0.15, 0.2) is 11.4 Å². The zero-order chi connectivity index (χ0) is 12.3. The number of ketones is 1. The number of Topliss-reactive ketones (excluding diaryl/α,β-unsaturated/α-hetero) is 1. The van der Waals surface area contributed by atoms with E-state index in [1.807, 2.05) is 37.3 Å². The molecule has 1 fully saturated rings. The zero-order valence-corrected chi connectivity index (χ0v) is 9.94. The van der Waals surface area contributed by atoms with Crippen LogP contribution >= 0.6 is 0 Å². The molecule has 2 heteroatoms. The topological polar surface area (TPSA) is 37.3 Å². The van der Waals surface area contributed by atoms with E-state index in [-0.39, 0.29) is 11.7 Å². The summed E-state index contributed by atoms with van der Waals surface area (Å²) in [7, 11) is 0. The third-order valence-electron chi connectivity index (χ3n) is 3.22. The summed E-state index contributed by atoms with van der Waals surface area (Å²) in [6.07, 6.45) is 2.16. The first-order chi connectivity index (χ1) is 8.12. The molecular weight excluding hydrogens is 212 g/mol. The second-order valence-corrected chi connectivity index (χ2v) is 4.63. The van der Waals surface area contributed by atoms with Crippen molar-refractivity contribution in [3.8, 4) is 11.8 Å². The molecule has 0 aliphatic heterocycles. The maximum Gasteiger partial charge on any atom is 0.184 e. The molecule has 1 saturated carbocycles. The summed E-state index contributed by atoms with van der Waals surface area (Å²) in [4.78, 5) is 11.9. The number of hydrogen-bond acceptors (Lipinski definition) is 2. The Hall–Kier alpha value is -1.59. The first-order valence-corrected chi connectivity index (χ1v) is 5.97. The second-order valence-electron chi connectivity index (χ2n) is 4.63. The average molecular weight is 228 g/mol. The van der Waals surface area contributed by atoms with Gasteiger partial charge in [0.25, 0.3) is 0 Å². The van der Waals surface area contributed by atoms with Gasteiger partial charge >= 0.3 is 0 Å². The minimum atomic E-state index is -1.44. The smallest absolute Gasteiger partial charge is 0.184 e. The molecular formula is C15H16O2. The molecule has 1 aromatic carbocycles. The van der Waals surface area contributed by atoms with E-state index in [1.165, 1.54) is 0 Å². The van der Waals surface area contributed by atoms with Crippen molar-refractivity contribution in [3.05, 3.63) is 35.9 Å². The second kappa shape index (κ2) is 4.73. The Morgan fingerprint density at radius 1 is 1.35 bits per heavy atom. The number of carbonyl (C=O) groups excluding carboxylic acids is 1. The summed E-state index contributed by atoms with van der Waals surface area (Å²) in [6.45, 7) is 1.86. The Bertz CT molecular complexity index is 467. The molecule has 0 radical (unpaired) electrons. The van der Waals surface area contributed by atoms with Crippen LogP contribution in [0.2, 0.25) is 0 Å². The molecule has 0 unspecified atom stereocenters. The van der Waals surface area contributed by atoms with E-state index < -0.39 is 5.60 Å². The molecule has 1 aliphatic rings. The van der Waals surface area contributed by atoms with Crippen LogP contribution in [0.3, 0.4) is 0 Å². The van der Waals surface area contributed by atoms with Gasteiger partial charge in [-0.1, -0.05) is 37.0 Å². The van der Waals surface area contributed by atoms with Gasteiger partial charge in [0.2, 0.25) is 0 Å². The van der Waals surface area contributed by atoms with Crippen molar-refractivity contribution in [1.82, 2.24) is 0 Å². The molecule has 17 heavy (non-hydrogen) atoms. The lowest BCUT2D eigenvalue weighted by Gasteiger charge is -2.29. The van der Waals surface area contributed by atoms with E-state index in [0.717, 1.165) is 18.4 Å². The summed E-state index contributed by atoms with van der Waals surface area (Å²) >= 11 is 0. The van der Waals surface area contributed by atoms with Gasteiger partial charge in [-0.2, -0.15) is 0 Å². The summed E-state index contributed by atoms with van der Waals surface area (Å²) < 4.78 is 0. The molecule has 1 aliphatic carbocycles. The van der Waals surface area contributed by atoms with E-state index in [9.17, 15) is 9.90 Å². The highest BCUT2D eigenvalue weighted by Crippen LogP contribution is 2.28. The van der Waals surface area contributed by atoms with Gasteiger partial charge in [-0.3, -0.25) is 4.79 Å². The highest BCUT2D eigenvalue weighted by molar-refractivity contribution is 5.92. The maximum absolute atomic E-state index is 11.9. The zero-order valence-electron chi connectivity index (χ0n) is 9.94. The fraction of sp³-hybridized carbons (Fsp3) is 0.400. The Labute approximate surface area is 102 Å². The lowest BCUT2D eigenvalue weighted by atomic mass is 9.78. The van der Waals surface area contributed by atoms with E-state index in [4.69, 9.17) is 0 Å². The summed E-state index contributed by atoms with van der Waals surface area (Å²) in [5, 5.41) is 10.2. The number of benzene rings is 1. The third-order valence-corrected chi connectivity index (χ3v) is 3.22. The fourth-order valence-electron chi connectivity index (χ4n) is 2.15. The Morgan fingerprint density at radius 2 is 2.06 bits per heavy atom. The summed E-state index contributed by atoms with van der Waals surface area (Å²) in [5.41, 5.74) is -0.611. The van der Waals surface area contributed by atoms with Crippen molar-refractivity contribution in [1.29, 1.82) is 0 Å². The van der Waals surface area contributed by atoms with Crippen molar-refractivity contribution in [2.45, 2.75) is 31.8 Å². The quantitative estimate of drug-likeness (QED) is 0.691. The number of rotatable bonds is 0. The van der Waals surface area contributed by atoms with E-state index in [0.29, 0.717) is 6.42 Å². The van der Waals surface area contributed by atoms with Gasteiger partial charge in [0.05, 0.1) is 0 Å². The molecule has 0 heterocycles. The van der Waals surface area contributed by atoms with Crippen molar-refractivity contribution in [2.75, 3.05) is 0 Å². The SMILES string of the molecule is C[C@@H]1CCC[C@@](O)(C#Cc2ccccc2)C1=O. The minimum Gasteiger partial charge on any atom is -0.371 e. The number of aliphatic hydroxyl groups is 1. The lowest BCUT2D eigenvalue weighted by molar-refractivity contribution is -0.139. The van der Waals surface area contributed by atoms with Crippen LogP contribution in [-0.2, 0) is 4.79 Å². The van der Waals surface area contributed by atoms with Crippen molar-refractivity contribution < 1.29 is 9.90 Å². The Kier molecular flexibility index (Phi) is 3.31. The largest absolute Gasteiger partial charge is 0.371 e. The van der Waals surface area contributed by atoms with E-state index >= 15 is 0 Å². The van der Waals surface area contributed by atoms with Crippen LogP contribution in [0.15, 0.2) is 30.3 Å². The average Bonchev–Trinajstić information content (AvgIpc) is 2.35. The predicted octanol–water partition coefficient (Wildman–Crippen LogP) is 2.16. The first kappa shape index (κ1) is 11.9. The lowest BCUT2D eigenvalue weighted by Crippen LogP contribution is -2.43. The fourth-order valence-corrected chi connectivity index (χ4v) is 2.15. The molecule has 0 amide bonds. The third kappa shape index (κ3) is 2.57. The van der Waals surface area contributed by atoms with Crippen molar-refractivity contribution >= 4 is 5.78 Å². The van der Waals surface area contributed by atoms with Gasteiger partial charge in [-0.05, 0) is 31.4 Å². The standard InChI is InChI=1S/C15H16O2/c1-12-6-5-10-15(17,14(12)16)11-9-13-7-3-2-4-8-13/h2-4,7-8,12,17H,5-6,10H2,1H3/t12-,15-/m1/s1. The predicted molar refractivity (Wildman–Crippen MR) is 66.3 cm³/mol. The molecule has 2 rings (SSSR count). The minimum absolute atomic E-state index is 0.0844. The monoisotopic (exact) mass is 228 g/mol. The van der Waals surface area contributed by atoms with Crippen LogP contribution < -0.4 is 0 Å². The van der Waals surface area contributed by atoms with Gasteiger partial charge < -0.3 is 5.11 Å². The molecule has 0 aromatic heterocycles. The molecule has 0 spiro atoms. The molecule has 1 aromatic rings. The van der Waals surface area contributed by atoms with Crippen LogP contribution in [0.4, 0.5) is 0 Å². The summed E-state index contributed by atoms with van der Waals surface area (Å²) in [5.74, 6) is 5.42. The van der Waals surface area contributed by atoms with Crippen LogP contribution in [0, 0.1) is 17.8 Å². The maximum atomic E-state index is 11.9. The molecule has 0 saturated heterocycles. The van der Waals surface area contributed by atoms with Crippen LogP contribution in [0.1, 0.15) is 31.7 Å². The van der Waals surface area contributed by atoms with Crippen LogP contribution in [-0.4, -0.2) is 16.5 Å². The van der Waals surface area contributed by atoms with Gasteiger partial charge in [-0.25, -0.2) is 0 Å². The van der Waals surface area contributed by atoms with Gasteiger partial charge in [0.1, 0.15) is 0 Å². The molecule has 2 atom stereocenters. The molecule has 0 bridgehead atoms. The number of carbonyl (C=O) groups is 1. The molecule has 1 N–H and O–H groups in total. The van der Waals surface area contributed by atoms with E-state index in [2.05, 4.69) is 11.8 Å². The number of hydrogen-bond donors (Lipinski definition) is 1. The normalized spacial score (nSPS) is 28.4.